The molecule has 0 radical (unpaired) electrons. The van der Waals surface area contributed by atoms with Gasteiger partial charge in [-0.15, -0.1) is 0 Å². The Kier molecular flexibility index (Phi) is 4.92. The molecule has 7 heteroatoms. The number of aromatic nitrogens is 2. The fourth-order valence-electron chi connectivity index (χ4n) is 3.97. The minimum Gasteiger partial charge on any atom is -0.497 e. The lowest BCUT2D eigenvalue weighted by Gasteiger charge is -2.17. The first-order valence-electron chi connectivity index (χ1n) is 10.0. The molecular weight excluding hydrogens is 424 g/mol. The lowest BCUT2D eigenvalue weighted by Crippen LogP contribution is -2.18. The second-order valence-electron chi connectivity index (χ2n) is 7.40. The summed E-state index contributed by atoms with van der Waals surface area (Å²) < 4.78 is 33.9. The molecule has 0 amide bonds. The van der Waals surface area contributed by atoms with E-state index in [0.29, 0.717) is 22.3 Å². The number of nitrogens with zero attached hydrogens (tertiary/aromatic N) is 2. The maximum Gasteiger partial charge on any atom is 0.268 e. The highest BCUT2D eigenvalue weighted by atomic mass is 32.2. The first-order chi connectivity index (χ1) is 15.5. The summed E-state index contributed by atoms with van der Waals surface area (Å²) in [5, 5.41) is 13.7. The van der Waals surface area contributed by atoms with Crippen LogP contribution in [0, 0.1) is 0 Å². The molecule has 0 saturated heterocycles. The van der Waals surface area contributed by atoms with Crippen LogP contribution in [-0.2, 0) is 10.0 Å². The molecule has 0 bridgehead atoms. The number of hydrogen-bond donors (Lipinski definition) is 1. The normalized spacial score (nSPS) is 12.8. The molecule has 6 nitrogen and oxygen atoms in total. The molecule has 5 aromatic rings. The molecule has 0 saturated carbocycles. The highest BCUT2D eigenvalue weighted by Crippen LogP contribution is 2.35. The number of hydrogen-bond acceptors (Lipinski definition) is 5. The van der Waals surface area contributed by atoms with Crippen LogP contribution in [0.5, 0.6) is 5.75 Å². The second-order valence-corrected chi connectivity index (χ2v) is 9.18. The average Bonchev–Trinajstić information content (AvgIpc) is 3.23. The second kappa shape index (κ2) is 7.78. The van der Waals surface area contributed by atoms with E-state index in [1.165, 1.54) is 16.1 Å². The van der Waals surface area contributed by atoms with Gasteiger partial charge in [-0.1, -0.05) is 42.5 Å². The van der Waals surface area contributed by atoms with E-state index in [4.69, 9.17) is 4.74 Å². The number of benzene rings is 3. The Morgan fingerprint density at radius 2 is 1.66 bits per heavy atom. The van der Waals surface area contributed by atoms with E-state index in [9.17, 15) is 13.5 Å². The van der Waals surface area contributed by atoms with Gasteiger partial charge in [0.2, 0.25) is 0 Å². The molecule has 2 aromatic heterocycles. The van der Waals surface area contributed by atoms with Gasteiger partial charge in [-0.25, -0.2) is 12.4 Å². The van der Waals surface area contributed by atoms with Crippen molar-refractivity contribution in [2.75, 3.05) is 7.11 Å². The summed E-state index contributed by atoms with van der Waals surface area (Å²) in [4.78, 5) is 4.53. The number of aliphatic hydroxyl groups is 1. The number of ether oxygens (including phenoxy) is 1. The minimum atomic E-state index is -3.99. The van der Waals surface area contributed by atoms with Crippen molar-refractivity contribution < 1.29 is 18.3 Å². The topological polar surface area (TPSA) is 81.4 Å². The Morgan fingerprint density at radius 3 is 2.44 bits per heavy atom. The minimum absolute atomic E-state index is 0.132. The van der Waals surface area contributed by atoms with E-state index in [0.717, 1.165) is 10.8 Å². The van der Waals surface area contributed by atoms with Crippen LogP contribution >= 0.6 is 0 Å². The van der Waals surface area contributed by atoms with Crippen LogP contribution in [0.25, 0.3) is 21.7 Å². The van der Waals surface area contributed by atoms with Gasteiger partial charge in [0.25, 0.3) is 10.0 Å². The molecule has 5 rings (SSSR count). The number of aliphatic hydroxyl groups excluding tert-OH is 1. The Hall–Kier alpha value is -3.68. The fraction of sp³-hybridized carbons (Fsp3) is 0.0800. The van der Waals surface area contributed by atoms with Crippen LogP contribution in [0.15, 0.2) is 96.0 Å². The van der Waals surface area contributed by atoms with Gasteiger partial charge in [0.1, 0.15) is 11.9 Å². The van der Waals surface area contributed by atoms with Crippen molar-refractivity contribution in [3.8, 4) is 5.75 Å². The van der Waals surface area contributed by atoms with Gasteiger partial charge in [-0.2, -0.15) is 0 Å². The van der Waals surface area contributed by atoms with E-state index in [1.54, 1.807) is 55.8 Å². The maximum atomic E-state index is 13.7. The summed E-state index contributed by atoms with van der Waals surface area (Å²) in [7, 11) is -2.44. The zero-order valence-corrected chi connectivity index (χ0v) is 18.0. The van der Waals surface area contributed by atoms with E-state index >= 15 is 0 Å². The number of methoxy groups -OCH3 is 1. The van der Waals surface area contributed by atoms with Crippen LogP contribution in [0.2, 0.25) is 0 Å². The molecule has 0 fully saturated rings. The number of pyridine rings is 1. The molecule has 32 heavy (non-hydrogen) atoms. The Bertz CT molecular complexity index is 1540. The summed E-state index contributed by atoms with van der Waals surface area (Å²) in [6, 6.07) is 24.4. The predicted molar refractivity (Wildman–Crippen MR) is 123 cm³/mol. The summed E-state index contributed by atoms with van der Waals surface area (Å²) in [6.45, 7) is 0. The van der Waals surface area contributed by atoms with E-state index in [-0.39, 0.29) is 10.6 Å². The van der Waals surface area contributed by atoms with Crippen molar-refractivity contribution in [2.45, 2.75) is 11.0 Å². The van der Waals surface area contributed by atoms with Crippen LogP contribution in [-0.4, -0.2) is 29.6 Å². The molecule has 1 N–H and O–H groups in total. The first-order valence-corrected chi connectivity index (χ1v) is 11.5. The lowest BCUT2D eigenvalue weighted by atomic mass is 10.0. The van der Waals surface area contributed by atoms with Gasteiger partial charge in [0.15, 0.2) is 0 Å². The van der Waals surface area contributed by atoms with Crippen molar-refractivity contribution >= 4 is 31.7 Å². The number of rotatable bonds is 5. The van der Waals surface area contributed by atoms with E-state index < -0.39 is 16.1 Å². The Labute approximate surface area is 185 Å². The summed E-state index contributed by atoms with van der Waals surface area (Å²) >= 11 is 0. The molecule has 160 valence electrons. The van der Waals surface area contributed by atoms with Crippen molar-refractivity contribution in [3.63, 3.8) is 0 Å². The quantitative estimate of drug-likeness (QED) is 0.431. The van der Waals surface area contributed by atoms with Crippen molar-refractivity contribution in [3.05, 3.63) is 103 Å². The SMILES string of the molecule is COc1ccc2c(c1)cc(C(O)c1nccc3ccccc13)n2S(=O)(=O)c1ccccc1. The van der Waals surface area contributed by atoms with Gasteiger partial charge in [-0.3, -0.25) is 4.98 Å². The highest BCUT2D eigenvalue weighted by molar-refractivity contribution is 7.90. The zero-order valence-electron chi connectivity index (χ0n) is 17.2. The third-order valence-electron chi connectivity index (χ3n) is 5.52. The number of fused-ring (bicyclic) bond motifs is 2. The summed E-state index contributed by atoms with van der Waals surface area (Å²) in [5.74, 6) is 0.594. The Balaban J connectivity index is 1.80. The standard InChI is InChI=1S/C25H20N2O4S/c1-31-19-11-12-22-18(15-19)16-23(27(22)32(29,30)20-8-3-2-4-9-20)25(28)24-21-10-6-5-7-17(21)13-14-26-24/h2-16,25,28H,1H3. The van der Waals surface area contributed by atoms with Crippen molar-refractivity contribution in [1.29, 1.82) is 0 Å². The smallest absolute Gasteiger partial charge is 0.268 e. The predicted octanol–water partition coefficient (Wildman–Crippen LogP) is 4.52. The van der Waals surface area contributed by atoms with Crippen molar-refractivity contribution in [1.82, 2.24) is 8.96 Å². The van der Waals surface area contributed by atoms with Crippen LogP contribution in [0.3, 0.4) is 0 Å². The van der Waals surface area contributed by atoms with E-state index in [1.807, 2.05) is 30.3 Å². The van der Waals surface area contributed by atoms with Crippen LogP contribution in [0.1, 0.15) is 17.5 Å². The molecule has 0 aliphatic rings. The van der Waals surface area contributed by atoms with Crippen LogP contribution < -0.4 is 4.74 Å². The molecular formula is C25H20N2O4S. The largest absolute Gasteiger partial charge is 0.497 e. The Morgan fingerprint density at radius 1 is 0.906 bits per heavy atom. The highest BCUT2D eigenvalue weighted by Gasteiger charge is 2.28. The lowest BCUT2D eigenvalue weighted by molar-refractivity contribution is 0.211. The summed E-state index contributed by atoms with van der Waals surface area (Å²) in [5.41, 5.74) is 1.05. The molecule has 1 unspecified atom stereocenters. The maximum absolute atomic E-state index is 13.7. The molecule has 0 spiro atoms. The van der Waals surface area contributed by atoms with Gasteiger partial charge in [0, 0.05) is 17.0 Å². The molecule has 0 aliphatic heterocycles. The van der Waals surface area contributed by atoms with Gasteiger partial charge < -0.3 is 9.84 Å². The third-order valence-corrected chi connectivity index (χ3v) is 7.27. The first kappa shape index (κ1) is 20.2. The van der Waals surface area contributed by atoms with Crippen molar-refractivity contribution in [2.24, 2.45) is 0 Å². The monoisotopic (exact) mass is 444 g/mol. The molecule has 2 heterocycles. The van der Waals surface area contributed by atoms with Gasteiger partial charge in [0.05, 0.1) is 28.9 Å². The van der Waals surface area contributed by atoms with E-state index in [2.05, 4.69) is 4.98 Å². The molecule has 0 aliphatic carbocycles. The van der Waals surface area contributed by atoms with Crippen LogP contribution in [0.4, 0.5) is 0 Å². The molecule has 1 atom stereocenters. The zero-order chi connectivity index (χ0) is 22.3. The average molecular weight is 445 g/mol. The third kappa shape index (κ3) is 3.23. The van der Waals surface area contributed by atoms with Gasteiger partial charge >= 0.3 is 0 Å². The molecule has 3 aromatic carbocycles. The van der Waals surface area contributed by atoms with Gasteiger partial charge in [-0.05, 0) is 47.9 Å². The fourth-order valence-corrected chi connectivity index (χ4v) is 5.54. The summed E-state index contributed by atoms with van der Waals surface area (Å²) in [6.07, 6.45) is 0.348.